The summed E-state index contributed by atoms with van der Waals surface area (Å²) in [6, 6.07) is 3.78. The van der Waals surface area contributed by atoms with E-state index in [2.05, 4.69) is 0 Å². The lowest BCUT2D eigenvalue weighted by molar-refractivity contribution is 0.278. The van der Waals surface area contributed by atoms with E-state index in [1.165, 1.54) is 22.5 Å². The zero-order valence-corrected chi connectivity index (χ0v) is 13.0. The van der Waals surface area contributed by atoms with Crippen molar-refractivity contribution >= 4 is 22.4 Å². The Bertz CT molecular complexity index is 557. The zero-order chi connectivity index (χ0) is 14.0. The molecule has 1 aromatic rings. The highest BCUT2D eigenvalue weighted by Crippen LogP contribution is 2.25. The molecule has 2 rings (SSSR count). The molecule has 7 heteroatoms. The minimum absolute atomic E-state index is 0. The van der Waals surface area contributed by atoms with Crippen molar-refractivity contribution in [3.63, 3.8) is 0 Å². The molecule has 1 aliphatic rings. The third-order valence-electron chi connectivity index (χ3n) is 3.66. The average molecular weight is 323 g/mol. The number of nitrogens with two attached hydrogens (primary N) is 1. The van der Waals surface area contributed by atoms with Crippen molar-refractivity contribution in [2.24, 2.45) is 11.7 Å². The van der Waals surface area contributed by atoms with Gasteiger partial charge in [0.05, 0.1) is 4.90 Å². The molecular weight excluding hydrogens is 303 g/mol. The lowest BCUT2D eigenvalue weighted by Crippen LogP contribution is -2.40. The van der Waals surface area contributed by atoms with Crippen LogP contribution in [0.2, 0.25) is 0 Å². The summed E-state index contributed by atoms with van der Waals surface area (Å²) in [6.07, 6.45) is 1.58. The van der Waals surface area contributed by atoms with Crippen LogP contribution in [-0.2, 0) is 10.0 Å². The number of hydrogen-bond acceptors (Lipinski definition) is 3. The quantitative estimate of drug-likeness (QED) is 0.924. The molecular formula is C13H20ClFN2O2S. The van der Waals surface area contributed by atoms with E-state index >= 15 is 0 Å². The lowest BCUT2D eigenvalue weighted by Gasteiger charge is -2.30. The summed E-state index contributed by atoms with van der Waals surface area (Å²) in [5.74, 6) is -0.0148. The first-order valence-corrected chi connectivity index (χ1v) is 7.85. The molecule has 4 nitrogen and oxygen atoms in total. The number of halogens is 2. The summed E-state index contributed by atoms with van der Waals surface area (Å²) in [6.45, 7) is 3.19. The maximum atomic E-state index is 13.1. The van der Waals surface area contributed by atoms with Gasteiger partial charge in [0.15, 0.2) is 0 Å². The molecule has 0 bridgehead atoms. The van der Waals surface area contributed by atoms with E-state index in [0.29, 0.717) is 31.1 Å². The van der Waals surface area contributed by atoms with E-state index in [0.717, 1.165) is 12.8 Å². The zero-order valence-electron chi connectivity index (χ0n) is 11.4. The summed E-state index contributed by atoms with van der Waals surface area (Å²) < 4.78 is 39.5. The first-order chi connectivity index (χ1) is 8.95. The molecule has 1 aromatic carbocycles. The predicted octanol–water partition coefficient (Wildman–Crippen LogP) is 1.92. The Morgan fingerprint density at radius 2 is 1.95 bits per heavy atom. The van der Waals surface area contributed by atoms with Crippen LogP contribution in [0.15, 0.2) is 23.1 Å². The molecule has 0 unspecified atom stereocenters. The largest absolute Gasteiger partial charge is 0.330 e. The molecule has 1 fully saturated rings. The fraction of sp³-hybridized carbons (Fsp3) is 0.538. The van der Waals surface area contributed by atoms with Crippen molar-refractivity contribution in [3.05, 3.63) is 29.6 Å². The third kappa shape index (κ3) is 3.49. The van der Waals surface area contributed by atoms with Gasteiger partial charge < -0.3 is 5.73 Å². The number of benzene rings is 1. The van der Waals surface area contributed by atoms with Crippen molar-refractivity contribution in [3.8, 4) is 0 Å². The second kappa shape index (κ2) is 6.85. The van der Waals surface area contributed by atoms with E-state index in [1.54, 1.807) is 6.92 Å². The standard InChI is InChI=1S/C13H19FN2O2S.ClH/c1-10-8-12(14)2-3-13(10)19(17,18)16-6-4-11(9-15)5-7-16;/h2-3,8,11H,4-7,9,15H2,1H3;1H. The van der Waals surface area contributed by atoms with Crippen molar-refractivity contribution in [1.29, 1.82) is 0 Å². The highest BCUT2D eigenvalue weighted by molar-refractivity contribution is 7.89. The second-order valence-electron chi connectivity index (χ2n) is 4.99. The molecule has 1 saturated heterocycles. The van der Waals surface area contributed by atoms with Crippen LogP contribution >= 0.6 is 12.4 Å². The Labute approximate surface area is 125 Å². The number of hydrogen-bond donors (Lipinski definition) is 1. The van der Waals surface area contributed by atoms with Crippen LogP contribution in [0.3, 0.4) is 0 Å². The van der Waals surface area contributed by atoms with Gasteiger partial charge in [0.25, 0.3) is 0 Å². The first kappa shape index (κ1) is 17.4. The van der Waals surface area contributed by atoms with Gasteiger partial charge in [0, 0.05) is 13.1 Å². The van der Waals surface area contributed by atoms with Crippen LogP contribution < -0.4 is 5.73 Å². The van der Waals surface area contributed by atoms with Crippen LogP contribution in [0.1, 0.15) is 18.4 Å². The van der Waals surface area contributed by atoms with Gasteiger partial charge in [-0.2, -0.15) is 4.31 Å². The number of piperidine rings is 1. The van der Waals surface area contributed by atoms with E-state index in [1.807, 2.05) is 0 Å². The molecule has 2 N–H and O–H groups in total. The first-order valence-electron chi connectivity index (χ1n) is 6.41. The summed E-state index contributed by atoms with van der Waals surface area (Å²) in [5.41, 5.74) is 6.05. The smallest absolute Gasteiger partial charge is 0.243 e. The van der Waals surface area contributed by atoms with Crippen molar-refractivity contribution in [2.75, 3.05) is 19.6 Å². The Balaban J connectivity index is 0.00000200. The van der Waals surface area contributed by atoms with Crippen LogP contribution in [0, 0.1) is 18.7 Å². The highest BCUT2D eigenvalue weighted by Gasteiger charge is 2.29. The van der Waals surface area contributed by atoms with Crippen LogP contribution in [0.25, 0.3) is 0 Å². The molecule has 0 saturated carbocycles. The summed E-state index contributed by atoms with van der Waals surface area (Å²) in [7, 11) is -3.52. The van der Waals surface area contributed by atoms with Gasteiger partial charge in [-0.25, -0.2) is 12.8 Å². The van der Waals surface area contributed by atoms with E-state index in [-0.39, 0.29) is 17.3 Å². The third-order valence-corrected chi connectivity index (χ3v) is 5.72. The molecule has 0 aromatic heterocycles. The van der Waals surface area contributed by atoms with E-state index in [4.69, 9.17) is 5.73 Å². The van der Waals surface area contributed by atoms with Gasteiger partial charge in [-0.1, -0.05) is 0 Å². The van der Waals surface area contributed by atoms with Gasteiger partial charge in [0.1, 0.15) is 5.82 Å². The molecule has 0 amide bonds. The second-order valence-corrected chi connectivity index (χ2v) is 6.90. The van der Waals surface area contributed by atoms with Crippen molar-refractivity contribution in [2.45, 2.75) is 24.7 Å². The minimum atomic E-state index is -3.52. The molecule has 20 heavy (non-hydrogen) atoms. The summed E-state index contributed by atoms with van der Waals surface area (Å²) in [5, 5.41) is 0. The monoisotopic (exact) mass is 322 g/mol. The Morgan fingerprint density at radius 3 is 2.45 bits per heavy atom. The van der Waals surface area contributed by atoms with Gasteiger partial charge in [-0.15, -0.1) is 12.4 Å². The van der Waals surface area contributed by atoms with E-state index < -0.39 is 15.8 Å². The number of nitrogens with zero attached hydrogens (tertiary/aromatic N) is 1. The molecule has 1 heterocycles. The fourth-order valence-electron chi connectivity index (χ4n) is 2.43. The topological polar surface area (TPSA) is 63.4 Å². The van der Waals surface area contributed by atoms with Crippen molar-refractivity contribution < 1.29 is 12.8 Å². The predicted molar refractivity (Wildman–Crippen MR) is 78.9 cm³/mol. The van der Waals surface area contributed by atoms with Crippen LogP contribution in [-0.4, -0.2) is 32.4 Å². The fourth-order valence-corrected chi connectivity index (χ4v) is 4.10. The van der Waals surface area contributed by atoms with Crippen molar-refractivity contribution in [1.82, 2.24) is 4.31 Å². The van der Waals surface area contributed by atoms with Gasteiger partial charge in [-0.3, -0.25) is 0 Å². The normalized spacial score (nSPS) is 17.8. The van der Waals surface area contributed by atoms with E-state index in [9.17, 15) is 12.8 Å². The lowest BCUT2D eigenvalue weighted by atomic mass is 9.99. The average Bonchev–Trinajstić information content (AvgIpc) is 2.38. The number of sulfonamides is 1. The molecule has 0 spiro atoms. The molecule has 1 aliphatic heterocycles. The van der Waals surface area contributed by atoms with Gasteiger partial charge >= 0.3 is 0 Å². The maximum absolute atomic E-state index is 13.1. The SMILES string of the molecule is Cc1cc(F)ccc1S(=O)(=O)N1CCC(CN)CC1.Cl. The molecule has 0 atom stereocenters. The molecule has 114 valence electrons. The maximum Gasteiger partial charge on any atom is 0.243 e. The summed E-state index contributed by atoms with van der Waals surface area (Å²) in [4.78, 5) is 0.195. The number of rotatable bonds is 3. The Kier molecular flexibility index (Phi) is 5.94. The Morgan fingerprint density at radius 1 is 1.35 bits per heavy atom. The van der Waals surface area contributed by atoms with Gasteiger partial charge in [-0.05, 0) is 56.0 Å². The van der Waals surface area contributed by atoms with Gasteiger partial charge in [0.2, 0.25) is 10.0 Å². The highest BCUT2D eigenvalue weighted by atomic mass is 35.5. The van der Waals surface area contributed by atoms with Crippen LogP contribution in [0.4, 0.5) is 4.39 Å². The molecule has 0 radical (unpaired) electrons. The minimum Gasteiger partial charge on any atom is -0.330 e. The molecule has 0 aliphatic carbocycles. The number of aryl methyl sites for hydroxylation is 1. The van der Waals surface area contributed by atoms with Crippen LogP contribution in [0.5, 0.6) is 0 Å². The summed E-state index contributed by atoms with van der Waals surface area (Å²) >= 11 is 0. The Hall–Kier alpha value is -0.690.